The molecular weight excluding hydrogens is 384 g/mol. The molecule has 0 aromatic heterocycles. The van der Waals surface area contributed by atoms with Gasteiger partial charge in [0.15, 0.2) is 0 Å². The number of carbonyl (C=O) groups is 2. The van der Waals surface area contributed by atoms with Crippen molar-refractivity contribution in [2.45, 2.75) is 96.5 Å². The van der Waals surface area contributed by atoms with Crippen molar-refractivity contribution in [3.05, 3.63) is 0 Å². The number of hydrogen-bond acceptors (Lipinski definition) is 5. The maximum absolute atomic E-state index is 12.9. The first-order valence-electron chi connectivity index (χ1n) is 11.5. The van der Waals surface area contributed by atoms with E-state index >= 15 is 0 Å². The first-order valence-corrected chi connectivity index (χ1v) is 11.5. The molecule has 0 radical (unpaired) electrons. The number of carbonyl (C=O) groups excluding carboxylic acids is 2. The highest BCUT2D eigenvalue weighted by atomic mass is 16.6. The normalized spacial score (nSPS) is 37.9. The topological polar surface area (TPSA) is 88.1 Å². The zero-order valence-corrected chi connectivity index (χ0v) is 19.1. The summed E-state index contributed by atoms with van der Waals surface area (Å²) in [7, 11) is 0. The lowest BCUT2D eigenvalue weighted by Crippen LogP contribution is -2.61. The van der Waals surface area contributed by atoms with Gasteiger partial charge in [-0.25, -0.2) is 9.59 Å². The number of hydrogen-bond donors (Lipinski definition) is 2. The molecule has 5 aliphatic rings. The fourth-order valence-corrected chi connectivity index (χ4v) is 6.63. The van der Waals surface area contributed by atoms with E-state index in [1.165, 1.54) is 0 Å². The van der Waals surface area contributed by atoms with Crippen LogP contribution in [0.5, 0.6) is 0 Å². The van der Waals surface area contributed by atoms with Crippen molar-refractivity contribution in [2.75, 3.05) is 13.1 Å². The van der Waals surface area contributed by atoms with Crippen LogP contribution in [-0.4, -0.2) is 58.6 Å². The second-order valence-corrected chi connectivity index (χ2v) is 11.7. The molecule has 5 fully saturated rings. The van der Waals surface area contributed by atoms with Crippen molar-refractivity contribution in [2.24, 2.45) is 23.2 Å². The van der Waals surface area contributed by atoms with Gasteiger partial charge in [0.25, 0.3) is 0 Å². The van der Waals surface area contributed by atoms with Gasteiger partial charge in [-0.3, -0.25) is 0 Å². The highest BCUT2D eigenvalue weighted by Crippen LogP contribution is 2.64. The van der Waals surface area contributed by atoms with Crippen molar-refractivity contribution < 1.29 is 24.2 Å². The van der Waals surface area contributed by atoms with Gasteiger partial charge in [0.2, 0.25) is 0 Å². The Morgan fingerprint density at radius 2 is 1.70 bits per heavy atom. The monoisotopic (exact) mass is 422 g/mol. The maximum Gasteiger partial charge on any atom is 0.410 e. The molecule has 0 spiro atoms. The third-order valence-electron chi connectivity index (χ3n) is 7.89. The van der Waals surface area contributed by atoms with Gasteiger partial charge in [-0.05, 0) is 96.3 Å². The number of ether oxygens (including phenoxy) is 2. The minimum Gasteiger partial charge on any atom is -0.446 e. The van der Waals surface area contributed by atoms with Crippen molar-refractivity contribution in [1.29, 1.82) is 0 Å². The molecule has 7 heteroatoms. The lowest BCUT2D eigenvalue weighted by molar-refractivity contribution is -0.200. The molecule has 30 heavy (non-hydrogen) atoms. The second kappa shape index (κ2) is 7.28. The van der Waals surface area contributed by atoms with E-state index < -0.39 is 17.3 Å². The average Bonchev–Trinajstić information content (AvgIpc) is 3.03. The van der Waals surface area contributed by atoms with Crippen LogP contribution >= 0.6 is 0 Å². The Hall–Kier alpha value is -1.50. The molecule has 4 saturated carbocycles. The number of alkyl carbamates (subject to hydrolysis) is 1. The Balaban J connectivity index is 1.32. The van der Waals surface area contributed by atoms with Gasteiger partial charge in [-0.2, -0.15) is 0 Å². The smallest absolute Gasteiger partial charge is 0.410 e. The molecule has 5 rings (SSSR count). The molecule has 2 N–H and O–H groups in total. The Kier molecular flexibility index (Phi) is 5.27. The van der Waals surface area contributed by atoms with Crippen LogP contribution in [0.15, 0.2) is 0 Å². The van der Waals surface area contributed by atoms with E-state index in [9.17, 15) is 14.7 Å². The third-order valence-corrected chi connectivity index (χ3v) is 7.89. The van der Waals surface area contributed by atoms with Gasteiger partial charge >= 0.3 is 12.2 Å². The van der Waals surface area contributed by atoms with E-state index in [-0.39, 0.29) is 23.7 Å². The lowest BCUT2D eigenvalue weighted by Gasteiger charge is -2.62. The summed E-state index contributed by atoms with van der Waals surface area (Å²) in [6.45, 7) is 10.4. The maximum atomic E-state index is 12.9. The van der Waals surface area contributed by atoms with Crippen molar-refractivity contribution >= 4 is 12.2 Å². The molecule has 4 bridgehead atoms. The van der Waals surface area contributed by atoms with Crippen LogP contribution in [0.3, 0.4) is 0 Å². The number of amides is 2. The molecule has 4 aliphatic carbocycles. The molecular formula is C23H38N2O5. The van der Waals surface area contributed by atoms with Gasteiger partial charge < -0.3 is 24.8 Å². The highest BCUT2D eigenvalue weighted by Gasteiger charge is 2.61. The SMILES string of the molecule is CC(C)(C)OC(=O)NC1CCN(C(=O)OC2C3CC4C[C@@H]2CC(C(C)(C)O)(C4)C3)C1. The van der Waals surface area contributed by atoms with E-state index in [0.717, 1.165) is 32.1 Å². The van der Waals surface area contributed by atoms with Crippen LogP contribution in [0.2, 0.25) is 0 Å². The van der Waals surface area contributed by atoms with Crippen LogP contribution in [0.4, 0.5) is 9.59 Å². The van der Waals surface area contributed by atoms with Crippen LogP contribution in [0, 0.1) is 23.2 Å². The van der Waals surface area contributed by atoms with Gasteiger partial charge in [0, 0.05) is 13.1 Å². The highest BCUT2D eigenvalue weighted by molar-refractivity contribution is 5.70. The number of nitrogens with one attached hydrogen (secondary N) is 1. The van der Waals surface area contributed by atoms with E-state index in [1.54, 1.807) is 4.90 Å². The van der Waals surface area contributed by atoms with Crippen molar-refractivity contribution in [3.8, 4) is 0 Å². The largest absolute Gasteiger partial charge is 0.446 e. The summed E-state index contributed by atoms with van der Waals surface area (Å²) in [4.78, 5) is 26.6. The third kappa shape index (κ3) is 4.14. The minimum absolute atomic E-state index is 0.0253. The number of likely N-dealkylation sites (tertiary alicyclic amines) is 1. The van der Waals surface area contributed by atoms with Gasteiger partial charge in [0.1, 0.15) is 11.7 Å². The van der Waals surface area contributed by atoms with E-state index in [1.807, 2.05) is 34.6 Å². The zero-order chi connectivity index (χ0) is 21.9. The van der Waals surface area contributed by atoms with Crippen molar-refractivity contribution in [1.82, 2.24) is 10.2 Å². The summed E-state index contributed by atoms with van der Waals surface area (Å²) >= 11 is 0. The molecule has 1 aliphatic heterocycles. The first-order chi connectivity index (χ1) is 13.9. The average molecular weight is 423 g/mol. The molecule has 5 unspecified atom stereocenters. The molecule has 6 atom stereocenters. The molecule has 0 aromatic carbocycles. The quantitative estimate of drug-likeness (QED) is 0.724. The molecule has 0 aromatic rings. The molecule has 170 valence electrons. The summed E-state index contributed by atoms with van der Waals surface area (Å²) in [6.07, 6.45) is 5.17. The predicted molar refractivity (Wildman–Crippen MR) is 112 cm³/mol. The fourth-order valence-electron chi connectivity index (χ4n) is 6.63. The van der Waals surface area contributed by atoms with E-state index in [4.69, 9.17) is 9.47 Å². The van der Waals surface area contributed by atoms with Crippen LogP contribution in [-0.2, 0) is 9.47 Å². The minimum atomic E-state index is -0.687. The summed E-state index contributed by atoms with van der Waals surface area (Å²) in [5, 5.41) is 13.7. The Labute approximate surface area is 179 Å². The van der Waals surface area contributed by atoms with Crippen LogP contribution in [0.1, 0.15) is 73.1 Å². The standard InChI is InChI=1S/C23H38N2O5/c1-21(2,3)30-19(26)24-17-6-7-25(13-17)20(27)29-18-15-8-14-9-16(18)12-23(10-14,11-15)22(4,5)28/h14-18,28H,6-13H2,1-5H3,(H,24,26)/t14?,15-,16?,17?,18?,23?/m1/s1. The molecule has 7 nitrogen and oxygen atoms in total. The number of aliphatic hydroxyl groups is 1. The van der Waals surface area contributed by atoms with Gasteiger partial charge in [-0.15, -0.1) is 0 Å². The number of nitrogens with zero attached hydrogens (tertiary/aromatic N) is 1. The fraction of sp³-hybridized carbons (Fsp3) is 0.913. The predicted octanol–water partition coefficient (Wildman–Crippen LogP) is 3.69. The van der Waals surface area contributed by atoms with Gasteiger partial charge in [0.05, 0.1) is 11.6 Å². The van der Waals surface area contributed by atoms with Crippen LogP contribution < -0.4 is 5.32 Å². The first kappa shape index (κ1) is 21.7. The summed E-state index contributed by atoms with van der Waals surface area (Å²) in [5.41, 5.74) is -1.25. The summed E-state index contributed by atoms with van der Waals surface area (Å²) in [5.74, 6) is 1.35. The number of rotatable bonds is 3. The van der Waals surface area contributed by atoms with Crippen LogP contribution in [0.25, 0.3) is 0 Å². The molecule has 1 heterocycles. The Morgan fingerprint density at radius 1 is 1.07 bits per heavy atom. The molecule has 1 saturated heterocycles. The second-order valence-electron chi connectivity index (χ2n) is 11.7. The van der Waals surface area contributed by atoms with Gasteiger partial charge in [-0.1, -0.05) is 0 Å². The van der Waals surface area contributed by atoms with E-state index in [2.05, 4.69) is 5.32 Å². The Bertz CT molecular complexity index is 679. The summed E-state index contributed by atoms with van der Waals surface area (Å²) < 4.78 is 11.4. The lowest BCUT2D eigenvalue weighted by atomic mass is 9.45. The summed E-state index contributed by atoms with van der Waals surface area (Å²) in [6, 6.07) is -0.107. The zero-order valence-electron chi connectivity index (χ0n) is 19.1. The molecule has 2 amide bonds. The van der Waals surface area contributed by atoms with E-state index in [0.29, 0.717) is 37.3 Å². The van der Waals surface area contributed by atoms with Crippen molar-refractivity contribution in [3.63, 3.8) is 0 Å². The Morgan fingerprint density at radius 3 is 2.27 bits per heavy atom.